The number of halogens is 1. The molecule has 0 bridgehead atoms. The van der Waals surface area contributed by atoms with Crippen molar-refractivity contribution in [1.29, 1.82) is 0 Å². The molecular formula is C12H9ClN2O4. The second kappa shape index (κ2) is 5.64. The number of hydroxylamine groups is 1. The van der Waals surface area contributed by atoms with E-state index in [9.17, 15) is 9.59 Å². The van der Waals surface area contributed by atoms with E-state index in [1.165, 1.54) is 6.07 Å². The van der Waals surface area contributed by atoms with Gasteiger partial charge in [0.1, 0.15) is 5.15 Å². The number of carboxylic acids is 1. The van der Waals surface area contributed by atoms with Gasteiger partial charge in [-0.25, -0.2) is 15.3 Å². The number of benzene rings is 1. The number of rotatable bonds is 4. The Balaban J connectivity index is 2.28. The summed E-state index contributed by atoms with van der Waals surface area (Å²) < 4.78 is 0. The predicted octanol–water partition coefficient (Wildman–Crippen LogP) is 1.63. The summed E-state index contributed by atoms with van der Waals surface area (Å²) in [6, 6.07) is 8.35. The maximum atomic E-state index is 11.9. The van der Waals surface area contributed by atoms with Gasteiger partial charge in [0.15, 0.2) is 6.61 Å². The van der Waals surface area contributed by atoms with Crippen molar-refractivity contribution < 1.29 is 19.5 Å². The molecule has 0 saturated carbocycles. The number of nitrogens with zero attached hydrogens (tertiary/aromatic N) is 1. The third-order valence-corrected chi connectivity index (χ3v) is 2.48. The quantitative estimate of drug-likeness (QED) is 0.656. The molecule has 1 aromatic carbocycles. The summed E-state index contributed by atoms with van der Waals surface area (Å²) in [6.45, 7) is -0.623. The Bertz CT molecular complexity index is 645. The van der Waals surface area contributed by atoms with Crippen molar-refractivity contribution in [2.45, 2.75) is 0 Å². The molecule has 1 heterocycles. The zero-order valence-electron chi connectivity index (χ0n) is 9.59. The van der Waals surface area contributed by atoms with Gasteiger partial charge in [-0.15, -0.1) is 0 Å². The van der Waals surface area contributed by atoms with Crippen molar-refractivity contribution in [3.8, 4) is 0 Å². The normalized spacial score (nSPS) is 10.4. The molecule has 0 atom stereocenters. The monoisotopic (exact) mass is 280 g/mol. The first kappa shape index (κ1) is 13.3. The van der Waals surface area contributed by atoms with E-state index >= 15 is 0 Å². The molecule has 19 heavy (non-hydrogen) atoms. The number of para-hydroxylation sites is 1. The summed E-state index contributed by atoms with van der Waals surface area (Å²) in [7, 11) is 0. The molecule has 7 heteroatoms. The second-order valence-corrected chi connectivity index (χ2v) is 4.01. The number of carbonyl (C=O) groups excluding carboxylic acids is 1. The molecule has 2 rings (SSSR count). The van der Waals surface area contributed by atoms with E-state index in [0.717, 1.165) is 0 Å². The topological polar surface area (TPSA) is 88.5 Å². The van der Waals surface area contributed by atoms with Crippen LogP contribution < -0.4 is 5.48 Å². The molecular weight excluding hydrogens is 272 g/mol. The maximum absolute atomic E-state index is 11.9. The van der Waals surface area contributed by atoms with E-state index in [-0.39, 0.29) is 10.7 Å². The SMILES string of the molecule is O=C(O)CONC(=O)c1cc(Cl)nc2ccccc12. The number of fused-ring (bicyclic) bond motifs is 1. The Morgan fingerprint density at radius 2 is 2.11 bits per heavy atom. The van der Waals surface area contributed by atoms with Crippen LogP contribution in [-0.2, 0) is 9.63 Å². The summed E-state index contributed by atoms with van der Waals surface area (Å²) in [5, 5.41) is 9.17. The highest BCUT2D eigenvalue weighted by atomic mass is 35.5. The number of hydrogen-bond donors (Lipinski definition) is 2. The van der Waals surface area contributed by atoms with Crippen LogP contribution in [0.2, 0.25) is 5.15 Å². The molecule has 0 saturated heterocycles. The molecule has 0 aliphatic rings. The Morgan fingerprint density at radius 3 is 2.84 bits per heavy atom. The molecule has 0 spiro atoms. The third-order valence-electron chi connectivity index (χ3n) is 2.29. The minimum absolute atomic E-state index is 0.169. The number of nitrogens with one attached hydrogen (secondary N) is 1. The molecule has 0 radical (unpaired) electrons. The predicted molar refractivity (Wildman–Crippen MR) is 67.8 cm³/mol. The molecule has 0 fully saturated rings. The average molecular weight is 281 g/mol. The van der Waals surface area contributed by atoms with Crippen molar-refractivity contribution in [2.24, 2.45) is 0 Å². The van der Waals surface area contributed by atoms with E-state index in [1.54, 1.807) is 24.3 Å². The first-order valence-corrected chi connectivity index (χ1v) is 5.65. The van der Waals surface area contributed by atoms with Gasteiger partial charge in [0, 0.05) is 5.39 Å². The first-order valence-electron chi connectivity index (χ1n) is 5.27. The number of hydrogen-bond acceptors (Lipinski definition) is 4. The molecule has 1 amide bonds. The Kier molecular flexibility index (Phi) is 3.94. The van der Waals surface area contributed by atoms with E-state index in [1.807, 2.05) is 5.48 Å². The van der Waals surface area contributed by atoms with Crippen LogP contribution in [0.4, 0.5) is 0 Å². The molecule has 2 aromatic rings. The molecule has 2 N–H and O–H groups in total. The standard InChI is InChI=1S/C12H9ClN2O4/c13-10-5-8(12(18)15-19-6-11(16)17)7-3-1-2-4-9(7)14-10/h1-5H,6H2,(H,15,18)(H,16,17). The van der Waals surface area contributed by atoms with E-state index in [4.69, 9.17) is 16.7 Å². The van der Waals surface area contributed by atoms with Crippen molar-refractivity contribution in [3.05, 3.63) is 41.0 Å². The molecule has 98 valence electrons. The van der Waals surface area contributed by atoms with Crippen LogP contribution in [0.5, 0.6) is 0 Å². The second-order valence-electron chi connectivity index (χ2n) is 3.62. The zero-order chi connectivity index (χ0) is 13.8. The largest absolute Gasteiger partial charge is 0.479 e. The van der Waals surface area contributed by atoms with Gasteiger partial charge in [0.05, 0.1) is 11.1 Å². The summed E-state index contributed by atoms with van der Waals surface area (Å²) in [5.41, 5.74) is 2.88. The highest BCUT2D eigenvalue weighted by Crippen LogP contribution is 2.20. The number of aromatic nitrogens is 1. The number of amides is 1. The molecule has 0 unspecified atom stereocenters. The van der Waals surface area contributed by atoms with Gasteiger partial charge in [-0.3, -0.25) is 9.63 Å². The van der Waals surface area contributed by atoms with E-state index in [2.05, 4.69) is 9.82 Å². The lowest BCUT2D eigenvalue weighted by Crippen LogP contribution is -2.26. The fraction of sp³-hybridized carbons (Fsp3) is 0.0833. The van der Waals surface area contributed by atoms with Crippen LogP contribution in [0.25, 0.3) is 10.9 Å². The molecule has 6 nitrogen and oxygen atoms in total. The molecule has 1 aromatic heterocycles. The van der Waals surface area contributed by atoms with Gasteiger partial charge in [-0.1, -0.05) is 29.8 Å². The van der Waals surface area contributed by atoms with Crippen LogP contribution in [0.1, 0.15) is 10.4 Å². The lowest BCUT2D eigenvalue weighted by atomic mass is 10.1. The third kappa shape index (κ3) is 3.18. The van der Waals surface area contributed by atoms with Gasteiger partial charge in [-0.2, -0.15) is 0 Å². The smallest absolute Gasteiger partial charge is 0.332 e. The lowest BCUT2D eigenvalue weighted by molar-refractivity contribution is -0.144. The van der Waals surface area contributed by atoms with Crippen LogP contribution in [-0.4, -0.2) is 28.6 Å². The minimum atomic E-state index is -1.18. The maximum Gasteiger partial charge on any atom is 0.332 e. The number of carboxylic acid groups (broad SMARTS) is 1. The van der Waals surface area contributed by atoms with Crippen LogP contribution in [0.3, 0.4) is 0 Å². The van der Waals surface area contributed by atoms with Gasteiger partial charge < -0.3 is 5.11 Å². The summed E-state index contributed by atoms with van der Waals surface area (Å²) in [4.78, 5) is 30.8. The summed E-state index contributed by atoms with van der Waals surface area (Å²) in [5.74, 6) is -1.76. The average Bonchev–Trinajstić information content (AvgIpc) is 2.37. The van der Waals surface area contributed by atoms with Crippen LogP contribution >= 0.6 is 11.6 Å². The van der Waals surface area contributed by atoms with Crippen LogP contribution in [0.15, 0.2) is 30.3 Å². The summed E-state index contributed by atoms with van der Waals surface area (Å²) in [6.07, 6.45) is 0. The fourth-order valence-corrected chi connectivity index (χ4v) is 1.75. The highest BCUT2D eigenvalue weighted by molar-refractivity contribution is 6.30. The highest BCUT2D eigenvalue weighted by Gasteiger charge is 2.12. The van der Waals surface area contributed by atoms with E-state index in [0.29, 0.717) is 10.9 Å². The van der Waals surface area contributed by atoms with Gasteiger partial charge in [0.2, 0.25) is 0 Å². The van der Waals surface area contributed by atoms with Crippen molar-refractivity contribution in [3.63, 3.8) is 0 Å². The van der Waals surface area contributed by atoms with Gasteiger partial charge in [-0.05, 0) is 12.1 Å². The lowest BCUT2D eigenvalue weighted by Gasteiger charge is -2.07. The number of pyridine rings is 1. The van der Waals surface area contributed by atoms with Crippen molar-refractivity contribution in [2.75, 3.05) is 6.61 Å². The number of carbonyl (C=O) groups is 2. The van der Waals surface area contributed by atoms with E-state index < -0.39 is 18.5 Å². The van der Waals surface area contributed by atoms with Crippen LogP contribution in [0, 0.1) is 0 Å². The fourth-order valence-electron chi connectivity index (χ4n) is 1.55. The Labute approximate surface area is 112 Å². The Hall–Kier alpha value is -2.18. The van der Waals surface area contributed by atoms with Gasteiger partial charge in [0.25, 0.3) is 5.91 Å². The molecule has 0 aliphatic carbocycles. The van der Waals surface area contributed by atoms with Crippen molar-refractivity contribution in [1.82, 2.24) is 10.5 Å². The first-order chi connectivity index (χ1) is 9.08. The number of aliphatic carboxylic acids is 1. The molecule has 0 aliphatic heterocycles. The Morgan fingerprint density at radius 1 is 1.37 bits per heavy atom. The van der Waals surface area contributed by atoms with Gasteiger partial charge >= 0.3 is 5.97 Å². The zero-order valence-corrected chi connectivity index (χ0v) is 10.3. The summed E-state index contributed by atoms with van der Waals surface area (Å²) >= 11 is 5.83. The van der Waals surface area contributed by atoms with Crippen molar-refractivity contribution >= 4 is 34.4 Å². The minimum Gasteiger partial charge on any atom is -0.479 e.